The molecule has 4 nitrogen and oxygen atoms in total. The highest BCUT2D eigenvalue weighted by Crippen LogP contribution is 2.29. The number of nitrogens with zero attached hydrogens (tertiary/aromatic N) is 2. The molecule has 0 spiro atoms. The molecular weight excluding hydrogens is 192 g/mol. The first-order chi connectivity index (χ1) is 7.19. The van der Waals surface area contributed by atoms with Gasteiger partial charge in [-0.25, -0.2) is 9.59 Å². The molecule has 0 atom stereocenters. The summed E-state index contributed by atoms with van der Waals surface area (Å²) in [6, 6.07) is 4.75. The Morgan fingerprint density at radius 1 is 1.27 bits per heavy atom. The summed E-state index contributed by atoms with van der Waals surface area (Å²) >= 11 is 0. The number of hydrogen-bond acceptors (Lipinski definition) is 4. The van der Waals surface area contributed by atoms with E-state index < -0.39 is 0 Å². The zero-order valence-electron chi connectivity index (χ0n) is 8.15. The van der Waals surface area contributed by atoms with Gasteiger partial charge in [0, 0.05) is 5.56 Å². The van der Waals surface area contributed by atoms with Gasteiger partial charge in [0.1, 0.15) is 0 Å². The molecule has 0 fully saturated rings. The molecule has 0 aliphatic rings. The number of aliphatic imine (C=N–C) groups is 2. The molecule has 0 aromatic heterocycles. The predicted molar refractivity (Wildman–Crippen MR) is 56.7 cm³/mol. The van der Waals surface area contributed by atoms with Crippen molar-refractivity contribution in [1.82, 2.24) is 0 Å². The highest BCUT2D eigenvalue weighted by molar-refractivity contribution is 5.76. The van der Waals surface area contributed by atoms with E-state index in [-0.39, 0.29) is 0 Å². The van der Waals surface area contributed by atoms with Crippen LogP contribution in [0.5, 0.6) is 0 Å². The molecule has 0 N–H and O–H groups in total. The summed E-state index contributed by atoms with van der Waals surface area (Å²) in [4.78, 5) is 27.2. The van der Waals surface area contributed by atoms with E-state index >= 15 is 0 Å². The summed E-state index contributed by atoms with van der Waals surface area (Å²) < 4.78 is 0. The van der Waals surface area contributed by atoms with E-state index in [1.807, 2.05) is 0 Å². The van der Waals surface area contributed by atoms with Gasteiger partial charge in [0.25, 0.3) is 0 Å². The third-order valence-corrected chi connectivity index (χ3v) is 1.78. The largest absolute Gasteiger partial charge is 0.240 e. The van der Waals surface area contributed by atoms with E-state index in [1.165, 1.54) is 12.2 Å². The maximum atomic E-state index is 10.2. The second-order valence-corrected chi connectivity index (χ2v) is 2.89. The fourth-order valence-electron chi connectivity index (χ4n) is 1.13. The van der Waals surface area contributed by atoms with Gasteiger partial charge >= 0.3 is 0 Å². The lowest BCUT2D eigenvalue weighted by molar-refractivity contribution is 0.564. The second-order valence-electron chi connectivity index (χ2n) is 2.89. The minimum Gasteiger partial charge on any atom is -0.211 e. The lowest BCUT2D eigenvalue weighted by Crippen LogP contribution is -1.79. The smallest absolute Gasteiger partial charge is 0.211 e. The van der Waals surface area contributed by atoms with Gasteiger partial charge in [-0.3, -0.25) is 0 Å². The number of isocyanates is 2. The van der Waals surface area contributed by atoms with Gasteiger partial charge in [0.2, 0.25) is 12.2 Å². The summed E-state index contributed by atoms with van der Waals surface area (Å²) in [5.41, 5.74) is 2.30. The summed E-state index contributed by atoms with van der Waals surface area (Å²) in [5, 5.41) is 0. The van der Waals surface area contributed by atoms with E-state index in [2.05, 4.69) is 16.6 Å². The monoisotopic (exact) mass is 200 g/mol. The average Bonchev–Trinajstić information content (AvgIpc) is 2.21. The van der Waals surface area contributed by atoms with E-state index in [0.29, 0.717) is 16.9 Å². The Morgan fingerprint density at radius 3 is 2.47 bits per heavy atom. The Hall–Kier alpha value is -2.28. The van der Waals surface area contributed by atoms with Crippen molar-refractivity contribution >= 4 is 29.1 Å². The van der Waals surface area contributed by atoms with Crippen LogP contribution in [0.2, 0.25) is 0 Å². The average molecular weight is 200 g/mol. The standard InChI is InChI=1S/C11H8N2O2/c1-8(2)10-5-9(12-6-14)3-4-11(10)13-7-15/h3-5H,1H2,2H3. The maximum absolute atomic E-state index is 10.2. The number of hydrogen-bond donors (Lipinski definition) is 0. The van der Waals surface area contributed by atoms with Crippen molar-refractivity contribution in [1.29, 1.82) is 0 Å². The molecule has 1 aromatic rings. The van der Waals surface area contributed by atoms with Crippen molar-refractivity contribution < 1.29 is 9.59 Å². The van der Waals surface area contributed by atoms with Gasteiger partial charge in [-0.1, -0.05) is 6.58 Å². The quantitative estimate of drug-likeness (QED) is 0.556. The fraction of sp³-hybridized carbons (Fsp3) is 0.0909. The van der Waals surface area contributed by atoms with E-state index in [4.69, 9.17) is 0 Å². The molecular formula is C11H8N2O2. The van der Waals surface area contributed by atoms with Gasteiger partial charge in [0.05, 0.1) is 11.4 Å². The predicted octanol–water partition coefficient (Wildman–Crippen LogP) is 2.65. The van der Waals surface area contributed by atoms with Crippen LogP contribution in [0.15, 0.2) is 34.8 Å². The summed E-state index contributed by atoms with van der Waals surface area (Å²) in [5.74, 6) is 0. The Balaban J connectivity index is 3.38. The number of allylic oxidation sites excluding steroid dienone is 1. The van der Waals surface area contributed by atoms with Crippen molar-refractivity contribution in [2.45, 2.75) is 6.92 Å². The van der Waals surface area contributed by atoms with Crippen LogP contribution in [-0.4, -0.2) is 12.2 Å². The van der Waals surface area contributed by atoms with Crippen LogP contribution in [0.25, 0.3) is 5.57 Å². The van der Waals surface area contributed by atoms with Crippen LogP contribution in [0.4, 0.5) is 11.4 Å². The molecule has 0 aliphatic heterocycles. The summed E-state index contributed by atoms with van der Waals surface area (Å²) in [7, 11) is 0. The Labute approximate surface area is 86.7 Å². The lowest BCUT2D eigenvalue weighted by atomic mass is 10.1. The first-order valence-electron chi connectivity index (χ1n) is 4.14. The maximum Gasteiger partial charge on any atom is 0.240 e. The third kappa shape index (κ3) is 2.58. The first-order valence-corrected chi connectivity index (χ1v) is 4.14. The van der Waals surface area contributed by atoms with Gasteiger partial charge in [0.15, 0.2) is 0 Å². The molecule has 0 aliphatic carbocycles. The summed E-state index contributed by atoms with van der Waals surface area (Å²) in [6.07, 6.45) is 2.90. The minimum absolute atomic E-state index is 0.452. The van der Waals surface area contributed by atoms with Crippen molar-refractivity contribution in [3.63, 3.8) is 0 Å². The normalized spacial score (nSPS) is 8.60. The Kier molecular flexibility index (Phi) is 3.47. The molecule has 0 bridgehead atoms. The van der Waals surface area contributed by atoms with E-state index in [0.717, 1.165) is 5.57 Å². The molecule has 0 radical (unpaired) electrons. The zero-order valence-corrected chi connectivity index (χ0v) is 8.15. The van der Waals surface area contributed by atoms with Crippen LogP contribution >= 0.6 is 0 Å². The molecule has 0 amide bonds. The van der Waals surface area contributed by atoms with Crippen LogP contribution < -0.4 is 0 Å². The molecule has 0 saturated heterocycles. The van der Waals surface area contributed by atoms with Crippen molar-refractivity contribution in [3.05, 3.63) is 30.3 Å². The lowest BCUT2D eigenvalue weighted by Gasteiger charge is -2.03. The molecule has 0 unspecified atom stereocenters. The highest BCUT2D eigenvalue weighted by Gasteiger charge is 2.03. The van der Waals surface area contributed by atoms with Gasteiger partial charge < -0.3 is 0 Å². The van der Waals surface area contributed by atoms with Crippen LogP contribution in [0.3, 0.4) is 0 Å². The van der Waals surface area contributed by atoms with E-state index in [1.54, 1.807) is 25.1 Å². The number of rotatable bonds is 3. The molecule has 1 aromatic carbocycles. The topological polar surface area (TPSA) is 58.9 Å². The zero-order chi connectivity index (χ0) is 11.3. The molecule has 74 valence electrons. The van der Waals surface area contributed by atoms with Crippen LogP contribution in [-0.2, 0) is 9.59 Å². The van der Waals surface area contributed by atoms with Gasteiger partial charge in [-0.2, -0.15) is 9.98 Å². The Morgan fingerprint density at radius 2 is 1.93 bits per heavy atom. The Bertz CT molecular complexity index is 493. The second kappa shape index (κ2) is 4.82. The first kappa shape index (κ1) is 10.8. The van der Waals surface area contributed by atoms with Gasteiger partial charge in [-0.05, 0) is 30.7 Å². The van der Waals surface area contributed by atoms with Crippen LogP contribution in [0.1, 0.15) is 12.5 Å². The third-order valence-electron chi connectivity index (χ3n) is 1.78. The molecule has 15 heavy (non-hydrogen) atoms. The van der Waals surface area contributed by atoms with Crippen molar-refractivity contribution in [3.8, 4) is 0 Å². The van der Waals surface area contributed by atoms with E-state index in [9.17, 15) is 9.59 Å². The van der Waals surface area contributed by atoms with Crippen molar-refractivity contribution in [2.24, 2.45) is 9.98 Å². The molecule has 0 heterocycles. The molecule has 1 rings (SSSR count). The number of carbonyl (C=O) groups excluding carboxylic acids is 2. The van der Waals surface area contributed by atoms with Crippen molar-refractivity contribution in [2.75, 3.05) is 0 Å². The summed E-state index contributed by atoms with van der Waals surface area (Å²) in [6.45, 7) is 5.51. The van der Waals surface area contributed by atoms with Crippen LogP contribution in [0, 0.1) is 0 Å². The fourth-order valence-corrected chi connectivity index (χ4v) is 1.13. The number of benzene rings is 1. The SMILES string of the molecule is C=C(C)c1cc(N=C=O)ccc1N=C=O. The molecule has 4 heteroatoms. The minimum atomic E-state index is 0.452. The highest BCUT2D eigenvalue weighted by atomic mass is 16.1. The molecule has 0 saturated carbocycles. The van der Waals surface area contributed by atoms with Gasteiger partial charge in [-0.15, -0.1) is 0 Å².